The Kier molecular flexibility index (Phi) is 5.13. The minimum absolute atomic E-state index is 0.0714. The van der Waals surface area contributed by atoms with Crippen LogP contribution >= 0.6 is 0 Å². The molecule has 0 bridgehead atoms. The molecule has 2 aromatic rings. The van der Waals surface area contributed by atoms with Gasteiger partial charge in [-0.05, 0) is 44.0 Å². The SMILES string of the molecule is CCN(c1ccccc1)S(=O)(=O)c1ccc(N2CCCC2)c([N+](=O)[O-])c1. The lowest BCUT2D eigenvalue weighted by Gasteiger charge is -2.23. The van der Waals surface area contributed by atoms with Crippen LogP contribution in [0.25, 0.3) is 0 Å². The normalized spacial score (nSPS) is 14.4. The van der Waals surface area contributed by atoms with Crippen LogP contribution in [0.2, 0.25) is 0 Å². The molecule has 1 aliphatic heterocycles. The molecule has 0 saturated carbocycles. The van der Waals surface area contributed by atoms with E-state index in [1.54, 1.807) is 43.3 Å². The van der Waals surface area contributed by atoms with Gasteiger partial charge in [0.1, 0.15) is 5.69 Å². The Morgan fingerprint density at radius 1 is 1.12 bits per heavy atom. The molecule has 1 aliphatic rings. The third-order valence-electron chi connectivity index (χ3n) is 4.51. The Hall–Kier alpha value is -2.61. The van der Waals surface area contributed by atoms with E-state index in [-0.39, 0.29) is 17.1 Å². The fourth-order valence-corrected chi connectivity index (χ4v) is 4.74. The molecule has 1 saturated heterocycles. The Morgan fingerprint density at radius 2 is 1.77 bits per heavy atom. The van der Waals surface area contributed by atoms with E-state index in [9.17, 15) is 18.5 Å². The van der Waals surface area contributed by atoms with E-state index in [4.69, 9.17) is 0 Å². The van der Waals surface area contributed by atoms with Gasteiger partial charge in [-0.1, -0.05) is 18.2 Å². The third kappa shape index (κ3) is 3.37. The first kappa shape index (κ1) is 18.2. The van der Waals surface area contributed by atoms with Crippen molar-refractivity contribution >= 4 is 27.1 Å². The van der Waals surface area contributed by atoms with Crippen LogP contribution in [0.15, 0.2) is 53.4 Å². The smallest absolute Gasteiger partial charge is 0.293 e. The maximum Gasteiger partial charge on any atom is 0.293 e. The predicted molar refractivity (Wildman–Crippen MR) is 101 cm³/mol. The summed E-state index contributed by atoms with van der Waals surface area (Å²) in [4.78, 5) is 12.9. The zero-order valence-electron chi connectivity index (χ0n) is 14.5. The van der Waals surface area contributed by atoms with Crippen LogP contribution in [0.4, 0.5) is 17.1 Å². The summed E-state index contributed by atoms with van der Waals surface area (Å²) in [6, 6.07) is 12.9. The fraction of sp³-hybridized carbons (Fsp3) is 0.333. The predicted octanol–water partition coefficient (Wildman–Crippen LogP) is 3.41. The van der Waals surface area contributed by atoms with E-state index in [0.29, 0.717) is 11.4 Å². The molecule has 0 amide bonds. The Bertz CT molecular complexity index is 894. The molecule has 0 radical (unpaired) electrons. The molecule has 1 fully saturated rings. The van der Waals surface area contributed by atoms with Gasteiger partial charge in [0.25, 0.3) is 15.7 Å². The molecule has 1 heterocycles. The highest BCUT2D eigenvalue weighted by Crippen LogP contribution is 2.34. The highest BCUT2D eigenvalue weighted by molar-refractivity contribution is 7.92. The van der Waals surface area contributed by atoms with Gasteiger partial charge in [-0.2, -0.15) is 0 Å². The quantitative estimate of drug-likeness (QED) is 0.571. The standard InChI is InChI=1S/C18H21N3O4S/c1-2-20(15-8-4-3-5-9-15)26(24,25)16-10-11-17(18(14-16)21(22)23)19-12-6-7-13-19/h3-5,8-11,14H,2,6-7,12-13H2,1H3. The van der Waals surface area contributed by atoms with Gasteiger partial charge >= 0.3 is 0 Å². The van der Waals surface area contributed by atoms with Crippen molar-refractivity contribution in [3.8, 4) is 0 Å². The summed E-state index contributed by atoms with van der Waals surface area (Å²) in [7, 11) is -3.89. The minimum atomic E-state index is -3.89. The molecular weight excluding hydrogens is 354 g/mol. The lowest BCUT2D eigenvalue weighted by atomic mass is 10.2. The number of nitro groups is 1. The Labute approximate surface area is 153 Å². The molecule has 2 aromatic carbocycles. The average Bonchev–Trinajstić information content (AvgIpc) is 3.17. The molecule has 26 heavy (non-hydrogen) atoms. The number of anilines is 2. The van der Waals surface area contributed by atoms with Crippen LogP contribution in [0, 0.1) is 10.1 Å². The second kappa shape index (κ2) is 7.33. The molecule has 8 heteroatoms. The van der Waals surface area contributed by atoms with E-state index in [0.717, 1.165) is 25.9 Å². The number of sulfonamides is 1. The van der Waals surface area contributed by atoms with Gasteiger partial charge in [0.05, 0.1) is 15.5 Å². The summed E-state index contributed by atoms with van der Waals surface area (Å²) in [5.74, 6) is 0. The monoisotopic (exact) mass is 375 g/mol. The molecule has 0 spiro atoms. The lowest BCUT2D eigenvalue weighted by molar-refractivity contribution is -0.384. The topological polar surface area (TPSA) is 83.8 Å². The fourth-order valence-electron chi connectivity index (χ4n) is 3.25. The summed E-state index contributed by atoms with van der Waals surface area (Å²) in [6.45, 7) is 3.46. The van der Waals surface area contributed by atoms with E-state index in [2.05, 4.69) is 0 Å². The van der Waals surface area contributed by atoms with Crippen LogP contribution in [0.5, 0.6) is 0 Å². The van der Waals surface area contributed by atoms with Crippen LogP contribution < -0.4 is 9.21 Å². The van der Waals surface area contributed by atoms with Gasteiger partial charge in [-0.25, -0.2) is 8.42 Å². The summed E-state index contributed by atoms with van der Waals surface area (Å²) in [5.41, 5.74) is 0.840. The highest BCUT2D eigenvalue weighted by Gasteiger charge is 2.29. The van der Waals surface area contributed by atoms with E-state index >= 15 is 0 Å². The molecule has 0 aliphatic carbocycles. The van der Waals surface area contributed by atoms with Gasteiger partial charge in [-0.15, -0.1) is 0 Å². The second-order valence-corrected chi connectivity index (χ2v) is 7.97. The summed E-state index contributed by atoms with van der Waals surface area (Å²) < 4.78 is 27.4. The van der Waals surface area contributed by atoms with E-state index in [1.807, 2.05) is 4.90 Å². The van der Waals surface area contributed by atoms with Crippen LogP contribution in [-0.2, 0) is 10.0 Å². The van der Waals surface area contributed by atoms with E-state index < -0.39 is 14.9 Å². The second-order valence-electron chi connectivity index (χ2n) is 6.11. The van der Waals surface area contributed by atoms with Crippen molar-refractivity contribution in [3.63, 3.8) is 0 Å². The summed E-state index contributed by atoms with van der Waals surface area (Å²) in [5, 5.41) is 11.5. The van der Waals surface area contributed by atoms with Crippen molar-refractivity contribution in [3.05, 3.63) is 58.6 Å². The molecule has 7 nitrogen and oxygen atoms in total. The first-order valence-corrected chi connectivity index (χ1v) is 10.0. The maximum absolute atomic E-state index is 13.1. The largest absolute Gasteiger partial charge is 0.366 e. The Morgan fingerprint density at radius 3 is 2.35 bits per heavy atom. The number of benzene rings is 2. The third-order valence-corrected chi connectivity index (χ3v) is 6.41. The molecule has 0 N–H and O–H groups in total. The lowest BCUT2D eigenvalue weighted by Crippen LogP contribution is -2.31. The number of nitrogens with zero attached hydrogens (tertiary/aromatic N) is 3. The van der Waals surface area contributed by atoms with Gasteiger partial charge in [-0.3, -0.25) is 14.4 Å². The van der Waals surface area contributed by atoms with Crippen LogP contribution in [-0.4, -0.2) is 33.0 Å². The molecule has 138 valence electrons. The molecule has 0 unspecified atom stereocenters. The maximum atomic E-state index is 13.1. The Balaban J connectivity index is 2.04. The van der Waals surface area contributed by atoms with Crippen LogP contribution in [0.3, 0.4) is 0 Å². The van der Waals surface area contributed by atoms with Crippen molar-refractivity contribution in [1.29, 1.82) is 0 Å². The first-order chi connectivity index (χ1) is 12.4. The zero-order chi connectivity index (χ0) is 18.7. The van der Waals surface area contributed by atoms with Gasteiger partial charge in [0, 0.05) is 25.7 Å². The number of rotatable bonds is 6. The number of nitro benzene ring substituents is 1. The summed E-state index contributed by atoms with van der Waals surface area (Å²) in [6.07, 6.45) is 1.96. The number of para-hydroxylation sites is 1. The zero-order valence-corrected chi connectivity index (χ0v) is 15.4. The van der Waals surface area contributed by atoms with Crippen LogP contribution in [0.1, 0.15) is 19.8 Å². The van der Waals surface area contributed by atoms with Crippen molar-refractivity contribution < 1.29 is 13.3 Å². The van der Waals surface area contributed by atoms with Crippen molar-refractivity contribution in [1.82, 2.24) is 0 Å². The van der Waals surface area contributed by atoms with E-state index in [1.165, 1.54) is 16.4 Å². The van der Waals surface area contributed by atoms with Gasteiger partial charge < -0.3 is 4.90 Å². The first-order valence-electron chi connectivity index (χ1n) is 8.56. The van der Waals surface area contributed by atoms with Crippen molar-refractivity contribution in [2.75, 3.05) is 28.8 Å². The summed E-state index contributed by atoms with van der Waals surface area (Å²) >= 11 is 0. The van der Waals surface area contributed by atoms with Crippen molar-refractivity contribution in [2.24, 2.45) is 0 Å². The number of hydrogen-bond acceptors (Lipinski definition) is 5. The van der Waals surface area contributed by atoms with Gasteiger partial charge in [0.15, 0.2) is 0 Å². The minimum Gasteiger partial charge on any atom is -0.366 e. The highest BCUT2D eigenvalue weighted by atomic mass is 32.2. The molecule has 3 rings (SSSR count). The van der Waals surface area contributed by atoms with Gasteiger partial charge in [0.2, 0.25) is 0 Å². The molecule has 0 atom stereocenters. The average molecular weight is 375 g/mol. The number of hydrogen-bond donors (Lipinski definition) is 0. The van der Waals surface area contributed by atoms with Crippen molar-refractivity contribution in [2.45, 2.75) is 24.7 Å². The molecule has 0 aromatic heterocycles. The molecular formula is C18H21N3O4S.